The van der Waals surface area contributed by atoms with E-state index < -0.39 is 8.07 Å². The van der Waals surface area contributed by atoms with E-state index in [2.05, 4.69) is 127 Å². The molecular formula is C32H40NSi+. The Bertz CT molecular complexity index is 1320. The molecule has 3 aromatic carbocycles. The molecule has 0 saturated heterocycles. The molecule has 0 N–H and O–H groups in total. The second-order valence-corrected chi connectivity index (χ2v) is 15.9. The number of benzene rings is 3. The molecule has 0 atom stereocenters. The van der Waals surface area contributed by atoms with Gasteiger partial charge in [0.05, 0.1) is 13.5 Å². The van der Waals surface area contributed by atoms with Crippen LogP contribution in [0, 0.1) is 20.8 Å². The van der Waals surface area contributed by atoms with Gasteiger partial charge in [-0.3, -0.25) is 0 Å². The number of nitrogens with zero attached hydrogens (tertiary/aromatic N) is 1. The molecule has 34 heavy (non-hydrogen) atoms. The van der Waals surface area contributed by atoms with Crippen LogP contribution in [0.1, 0.15) is 44.4 Å². The van der Waals surface area contributed by atoms with Gasteiger partial charge in [-0.2, -0.15) is 0 Å². The number of aryl methyl sites for hydroxylation is 4. The van der Waals surface area contributed by atoms with Crippen molar-refractivity contribution in [3.05, 3.63) is 83.6 Å². The Morgan fingerprint density at radius 1 is 0.794 bits per heavy atom. The van der Waals surface area contributed by atoms with Crippen LogP contribution in [0.15, 0.2) is 66.9 Å². The van der Waals surface area contributed by atoms with E-state index in [0.717, 1.165) is 5.54 Å². The van der Waals surface area contributed by atoms with Gasteiger partial charge in [0, 0.05) is 11.6 Å². The van der Waals surface area contributed by atoms with Gasteiger partial charge >= 0.3 is 0 Å². The fraction of sp³-hybridized carbons (Fsp3) is 0.344. The standard InChI is InChI=1S/C32H40NSi/c1-9-34(10-2,22(3)4)28-15-17-30-26(21-28)18-19-33(8)32(30)29-16-14-27(20-25(29)7)31-23(5)12-11-13-24(31)6/h11-22H,9-10H2,1-8H3/q+1. The third-order valence-corrected chi connectivity index (χ3v) is 14.5. The highest BCUT2D eigenvalue weighted by Crippen LogP contribution is 2.34. The van der Waals surface area contributed by atoms with Crippen LogP contribution in [-0.2, 0) is 7.05 Å². The molecule has 4 rings (SSSR count). The zero-order valence-corrected chi connectivity index (χ0v) is 23.3. The summed E-state index contributed by atoms with van der Waals surface area (Å²) in [5, 5.41) is 4.32. The molecule has 1 nitrogen and oxygen atoms in total. The van der Waals surface area contributed by atoms with E-state index in [1.807, 2.05) is 0 Å². The summed E-state index contributed by atoms with van der Waals surface area (Å²) in [4.78, 5) is 0. The first kappa shape index (κ1) is 24.4. The zero-order valence-electron chi connectivity index (χ0n) is 22.3. The summed E-state index contributed by atoms with van der Waals surface area (Å²) >= 11 is 0. The smallest absolute Gasteiger partial charge is 0.200 e. The number of fused-ring (bicyclic) bond motifs is 1. The minimum absolute atomic E-state index is 0.749. The highest BCUT2D eigenvalue weighted by Gasteiger charge is 2.35. The fourth-order valence-corrected chi connectivity index (χ4v) is 10.7. The quantitative estimate of drug-likeness (QED) is 0.200. The average Bonchev–Trinajstić information content (AvgIpc) is 2.80. The first-order valence-corrected chi connectivity index (χ1v) is 15.3. The van der Waals surface area contributed by atoms with E-state index in [9.17, 15) is 0 Å². The zero-order chi connectivity index (χ0) is 24.6. The lowest BCUT2D eigenvalue weighted by Crippen LogP contribution is -2.49. The molecule has 0 spiro atoms. The summed E-state index contributed by atoms with van der Waals surface area (Å²) in [6, 6.07) is 25.8. The monoisotopic (exact) mass is 466 g/mol. The Balaban J connectivity index is 1.87. The predicted molar refractivity (Wildman–Crippen MR) is 152 cm³/mol. The van der Waals surface area contributed by atoms with Gasteiger partial charge < -0.3 is 0 Å². The molecule has 0 fully saturated rings. The van der Waals surface area contributed by atoms with Crippen LogP contribution in [0.3, 0.4) is 0 Å². The molecule has 1 heterocycles. The molecular weight excluding hydrogens is 426 g/mol. The van der Waals surface area contributed by atoms with Crippen LogP contribution in [0.4, 0.5) is 0 Å². The summed E-state index contributed by atoms with van der Waals surface area (Å²) in [6.45, 7) is 16.3. The fourth-order valence-electron chi connectivity index (χ4n) is 6.18. The van der Waals surface area contributed by atoms with Crippen LogP contribution in [0.2, 0.25) is 17.6 Å². The maximum absolute atomic E-state index is 2.51. The van der Waals surface area contributed by atoms with Gasteiger partial charge in [0.1, 0.15) is 7.05 Å². The van der Waals surface area contributed by atoms with Crippen LogP contribution >= 0.6 is 0 Å². The molecule has 0 aliphatic carbocycles. The number of pyridine rings is 1. The van der Waals surface area contributed by atoms with Crippen molar-refractivity contribution in [1.29, 1.82) is 0 Å². The maximum Gasteiger partial charge on any atom is 0.220 e. The molecule has 0 aliphatic rings. The molecule has 0 aliphatic heterocycles. The topological polar surface area (TPSA) is 3.88 Å². The molecule has 2 heteroatoms. The Hall–Kier alpha value is -2.71. The van der Waals surface area contributed by atoms with Crippen molar-refractivity contribution in [3.8, 4) is 22.4 Å². The molecule has 4 aromatic rings. The molecule has 0 saturated carbocycles. The number of rotatable bonds is 6. The van der Waals surface area contributed by atoms with Crippen molar-refractivity contribution in [2.24, 2.45) is 7.05 Å². The van der Waals surface area contributed by atoms with Crippen molar-refractivity contribution < 1.29 is 4.57 Å². The van der Waals surface area contributed by atoms with Crippen LogP contribution in [0.5, 0.6) is 0 Å². The SMILES string of the molecule is CC[Si](CC)(c1ccc2c(-c3ccc(-c4c(C)cccc4C)cc3C)[n+](C)ccc2c1)C(C)C. The van der Waals surface area contributed by atoms with Gasteiger partial charge in [0.25, 0.3) is 0 Å². The van der Waals surface area contributed by atoms with Crippen molar-refractivity contribution >= 4 is 24.0 Å². The molecule has 0 unspecified atom stereocenters. The Morgan fingerprint density at radius 2 is 1.47 bits per heavy atom. The van der Waals surface area contributed by atoms with E-state index in [-0.39, 0.29) is 0 Å². The predicted octanol–water partition coefficient (Wildman–Crippen LogP) is 8.03. The van der Waals surface area contributed by atoms with E-state index in [4.69, 9.17) is 0 Å². The van der Waals surface area contributed by atoms with Gasteiger partial charge in [-0.1, -0.05) is 87.4 Å². The lowest BCUT2D eigenvalue weighted by Gasteiger charge is -2.34. The summed E-state index contributed by atoms with van der Waals surface area (Å²) in [7, 11) is 0.676. The first-order valence-electron chi connectivity index (χ1n) is 12.8. The van der Waals surface area contributed by atoms with E-state index in [0.29, 0.717) is 0 Å². The Kier molecular flexibility index (Phi) is 6.82. The Labute approximate surface area is 207 Å². The lowest BCUT2D eigenvalue weighted by atomic mass is 9.92. The summed E-state index contributed by atoms with van der Waals surface area (Å²) in [6.07, 6.45) is 2.23. The molecule has 0 amide bonds. The van der Waals surface area contributed by atoms with Crippen molar-refractivity contribution in [2.45, 2.75) is 66.1 Å². The molecule has 1 aromatic heterocycles. The third kappa shape index (κ3) is 4.03. The van der Waals surface area contributed by atoms with Crippen molar-refractivity contribution in [3.63, 3.8) is 0 Å². The molecule has 0 bridgehead atoms. The minimum Gasteiger partial charge on any atom is -0.200 e. The summed E-state index contributed by atoms with van der Waals surface area (Å²) in [5.74, 6) is 0. The van der Waals surface area contributed by atoms with E-state index >= 15 is 0 Å². The van der Waals surface area contributed by atoms with Gasteiger partial charge in [-0.25, -0.2) is 4.57 Å². The van der Waals surface area contributed by atoms with Gasteiger partial charge in [-0.05, 0) is 71.6 Å². The van der Waals surface area contributed by atoms with Crippen LogP contribution < -0.4 is 9.75 Å². The molecule has 0 radical (unpaired) electrons. The number of aromatic nitrogens is 1. The van der Waals surface area contributed by atoms with E-state index in [1.165, 1.54) is 61.9 Å². The van der Waals surface area contributed by atoms with Gasteiger partial charge in [0.2, 0.25) is 5.69 Å². The lowest BCUT2D eigenvalue weighted by molar-refractivity contribution is -0.659. The third-order valence-electron chi connectivity index (χ3n) is 8.33. The largest absolute Gasteiger partial charge is 0.220 e. The second-order valence-electron chi connectivity index (χ2n) is 10.4. The highest BCUT2D eigenvalue weighted by atomic mass is 28.3. The normalized spacial score (nSPS) is 12.0. The minimum atomic E-state index is -1.50. The Morgan fingerprint density at radius 3 is 2.06 bits per heavy atom. The maximum atomic E-state index is 2.51. The first-order chi connectivity index (χ1) is 16.2. The number of hydrogen-bond donors (Lipinski definition) is 0. The summed E-state index contributed by atoms with van der Waals surface area (Å²) in [5.41, 5.74) is 10.0. The average molecular weight is 467 g/mol. The number of hydrogen-bond acceptors (Lipinski definition) is 0. The van der Waals surface area contributed by atoms with E-state index in [1.54, 1.807) is 5.19 Å². The van der Waals surface area contributed by atoms with Crippen molar-refractivity contribution in [1.82, 2.24) is 0 Å². The van der Waals surface area contributed by atoms with Crippen LogP contribution in [0.25, 0.3) is 33.2 Å². The van der Waals surface area contributed by atoms with Gasteiger partial charge in [-0.15, -0.1) is 0 Å². The van der Waals surface area contributed by atoms with Crippen molar-refractivity contribution in [2.75, 3.05) is 0 Å². The summed E-state index contributed by atoms with van der Waals surface area (Å²) < 4.78 is 2.29. The highest BCUT2D eigenvalue weighted by molar-refractivity contribution is 6.92. The molecule has 176 valence electrons. The van der Waals surface area contributed by atoms with Gasteiger partial charge in [0.15, 0.2) is 6.20 Å². The second kappa shape index (κ2) is 9.50. The van der Waals surface area contributed by atoms with Crippen LogP contribution in [-0.4, -0.2) is 8.07 Å².